The number of hydrogen-bond acceptors (Lipinski definition) is 2. The van der Waals surface area contributed by atoms with Gasteiger partial charge in [0, 0.05) is 6.61 Å². The molecular weight excluding hydrogens is 194 g/mol. The Hall–Kier alpha value is -1.30. The zero-order valence-corrected chi connectivity index (χ0v) is 9.57. The maximum atomic E-state index is 8.90. The predicted molar refractivity (Wildman–Crippen MR) is 62.4 cm³/mol. The summed E-state index contributed by atoms with van der Waals surface area (Å²) >= 11 is 0. The van der Waals surface area contributed by atoms with Crippen LogP contribution >= 0.6 is 0 Å². The molecule has 15 heavy (non-hydrogen) atoms. The van der Waals surface area contributed by atoms with Crippen molar-refractivity contribution in [2.24, 2.45) is 32.6 Å². The van der Waals surface area contributed by atoms with Crippen molar-refractivity contribution < 1.29 is 5.11 Å². The molecule has 0 aromatic carbocycles. The van der Waals surface area contributed by atoms with Gasteiger partial charge < -0.3 is 22.3 Å². The maximum absolute atomic E-state index is 8.90. The molecule has 0 aliphatic heterocycles. The summed E-state index contributed by atoms with van der Waals surface area (Å²) in [7, 11) is 0. The van der Waals surface area contributed by atoms with Gasteiger partial charge >= 0.3 is 0 Å². The molecule has 0 bridgehead atoms. The normalized spacial score (nSPS) is 14.8. The molecule has 6 nitrogen and oxygen atoms in total. The highest BCUT2D eigenvalue weighted by molar-refractivity contribution is 5.92. The van der Waals surface area contributed by atoms with Crippen molar-refractivity contribution in [1.29, 1.82) is 0 Å². The lowest BCUT2D eigenvalue weighted by Crippen LogP contribution is -2.31. The van der Waals surface area contributed by atoms with E-state index in [1.54, 1.807) is 0 Å². The zero-order valence-electron chi connectivity index (χ0n) is 9.57. The first-order valence-corrected chi connectivity index (χ1v) is 4.81. The highest BCUT2D eigenvalue weighted by atomic mass is 16.3. The Morgan fingerprint density at radius 3 is 2.13 bits per heavy atom. The summed E-state index contributed by atoms with van der Waals surface area (Å²) in [6, 6.07) is -0.106. The summed E-state index contributed by atoms with van der Waals surface area (Å²) in [5.74, 6) is -0.0729. The Morgan fingerprint density at radius 1 is 1.27 bits per heavy atom. The van der Waals surface area contributed by atoms with Gasteiger partial charge in [0.15, 0.2) is 5.96 Å². The standard InChI is InChI=1S/C9H21N5O/c1-9(2,3)6(4-5-15)13-8(12)14-7(10)11/h6,15H,4-5H2,1-3H3,(H6,10,11,12,13,14). The van der Waals surface area contributed by atoms with Crippen LogP contribution in [-0.4, -0.2) is 29.7 Å². The first-order valence-electron chi connectivity index (χ1n) is 4.81. The largest absolute Gasteiger partial charge is 0.396 e. The van der Waals surface area contributed by atoms with Crippen molar-refractivity contribution in [2.45, 2.75) is 33.2 Å². The average molecular weight is 215 g/mol. The summed E-state index contributed by atoms with van der Waals surface area (Å²) in [5, 5.41) is 8.90. The second kappa shape index (κ2) is 5.55. The molecule has 0 saturated heterocycles. The molecule has 0 rings (SSSR count). The molecule has 0 aromatic rings. The topological polar surface area (TPSA) is 123 Å². The maximum Gasteiger partial charge on any atom is 0.218 e. The van der Waals surface area contributed by atoms with Gasteiger partial charge in [-0.25, -0.2) is 4.99 Å². The van der Waals surface area contributed by atoms with Gasteiger partial charge in [0.25, 0.3) is 0 Å². The van der Waals surface area contributed by atoms with Crippen LogP contribution in [0.25, 0.3) is 0 Å². The van der Waals surface area contributed by atoms with Crippen LogP contribution in [0.5, 0.6) is 0 Å². The van der Waals surface area contributed by atoms with Crippen LogP contribution in [0.2, 0.25) is 0 Å². The fraction of sp³-hybridized carbons (Fsp3) is 0.778. The Balaban J connectivity index is 4.74. The molecule has 0 heterocycles. The van der Waals surface area contributed by atoms with Gasteiger partial charge in [0.05, 0.1) is 6.04 Å². The van der Waals surface area contributed by atoms with E-state index in [9.17, 15) is 0 Å². The molecule has 7 N–H and O–H groups in total. The fourth-order valence-electron chi connectivity index (χ4n) is 1.13. The lowest BCUT2D eigenvalue weighted by molar-refractivity contribution is 0.226. The summed E-state index contributed by atoms with van der Waals surface area (Å²) in [6.07, 6.45) is 0.532. The van der Waals surface area contributed by atoms with Crippen molar-refractivity contribution in [2.75, 3.05) is 6.61 Å². The number of aliphatic imine (C=N–C) groups is 2. The molecule has 6 heteroatoms. The SMILES string of the molecule is CC(C)(C)C(CCO)N=C(N)N=C(N)N. The third kappa shape index (κ3) is 5.90. The van der Waals surface area contributed by atoms with Crippen molar-refractivity contribution in [3.63, 3.8) is 0 Å². The van der Waals surface area contributed by atoms with Gasteiger partial charge in [-0.05, 0) is 11.8 Å². The van der Waals surface area contributed by atoms with Gasteiger partial charge in [-0.2, -0.15) is 4.99 Å². The number of rotatable bonds is 3. The first kappa shape index (κ1) is 13.7. The van der Waals surface area contributed by atoms with Crippen molar-refractivity contribution >= 4 is 11.9 Å². The molecule has 1 unspecified atom stereocenters. The molecule has 0 spiro atoms. The Bertz CT molecular complexity index is 250. The van der Waals surface area contributed by atoms with E-state index in [1.807, 2.05) is 20.8 Å². The molecule has 0 saturated carbocycles. The monoisotopic (exact) mass is 215 g/mol. The van der Waals surface area contributed by atoms with E-state index < -0.39 is 0 Å². The first-order chi connectivity index (χ1) is 6.77. The molecule has 0 fully saturated rings. The van der Waals surface area contributed by atoms with E-state index in [1.165, 1.54) is 0 Å². The predicted octanol–water partition coefficient (Wildman–Crippen LogP) is -0.628. The number of hydrogen-bond donors (Lipinski definition) is 4. The van der Waals surface area contributed by atoms with Crippen LogP contribution < -0.4 is 17.2 Å². The smallest absolute Gasteiger partial charge is 0.218 e. The number of guanidine groups is 2. The summed E-state index contributed by atoms with van der Waals surface area (Å²) in [4.78, 5) is 7.80. The molecule has 0 aliphatic rings. The van der Waals surface area contributed by atoms with Gasteiger partial charge in [-0.1, -0.05) is 20.8 Å². The minimum absolute atomic E-state index is 0.0448. The van der Waals surface area contributed by atoms with Crippen LogP contribution in [0.3, 0.4) is 0 Å². The number of nitrogens with zero attached hydrogens (tertiary/aromatic N) is 2. The molecular formula is C9H21N5O. The third-order valence-electron chi connectivity index (χ3n) is 1.93. The van der Waals surface area contributed by atoms with Crippen molar-refractivity contribution in [1.82, 2.24) is 0 Å². The number of aliphatic hydroxyl groups is 1. The molecule has 88 valence electrons. The lowest BCUT2D eigenvalue weighted by Gasteiger charge is -2.26. The van der Waals surface area contributed by atoms with Crippen LogP contribution in [0.4, 0.5) is 0 Å². The third-order valence-corrected chi connectivity index (χ3v) is 1.93. The Morgan fingerprint density at radius 2 is 1.80 bits per heavy atom. The Labute approximate surface area is 90.3 Å². The zero-order chi connectivity index (χ0) is 12.1. The highest BCUT2D eigenvalue weighted by Crippen LogP contribution is 2.24. The van der Waals surface area contributed by atoms with Gasteiger partial charge in [-0.3, -0.25) is 0 Å². The molecule has 0 amide bonds. The lowest BCUT2D eigenvalue weighted by atomic mass is 9.85. The quantitative estimate of drug-likeness (QED) is 0.369. The van der Waals surface area contributed by atoms with Gasteiger partial charge in [0.2, 0.25) is 5.96 Å². The van der Waals surface area contributed by atoms with E-state index in [0.29, 0.717) is 6.42 Å². The summed E-state index contributed by atoms with van der Waals surface area (Å²) in [6.45, 7) is 6.10. The number of nitrogens with two attached hydrogens (primary N) is 3. The van der Waals surface area contributed by atoms with E-state index >= 15 is 0 Å². The van der Waals surface area contributed by atoms with Crippen LogP contribution in [0, 0.1) is 5.41 Å². The van der Waals surface area contributed by atoms with E-state index in [4.69, 9.17) is 22.3 Å². The molecule has 0 radical (unpaired) electrons. The summed E-state index contributed by atoms with van der Waals surface area (Å²) in [5.41, 5.74) is 15.8. The molecule has 0 aliphatic carbocycles. The van der Waals surface area contributed by atoms with Crippen LogP contribution in [0.1, 0.15) is 27.2 Å². The molecule has 0 aromatic heterocycles. The Kier molecular flexibility index (Phi) is 5.07. The van der Waals surface area contributed by atoms with Gasteiger partial charge in [0.1, 0.15) is 0 Å². The van der Waals surface area contributed by atoms with Gasteiger partial charge in [-0.15, -0.1) is 0 Å². The average Bonchev–Trinajstić information content (AvgIpc) is 2.00. The van der Waals surface area contributed by atoms with E-state index in [0.717, 1.165) is 0 Å². The fourth-order valence-corrected chi connectivity index (χ4v) is 1.13. The second-order valence-electron chi connectivity index (χ2n) is 4.42. The van der Waals surface area contributed by atoms with Crippen molar-refractivity contribution in [3.05, 3.63) is 0 Å². The minimum atomic E-state index is -0.118. The van der Waals surface area contributed by atoms with Crippen molar-refractivity contribution in [3.8, 4) is 0 Å². The van der Waals surface area contributed by atoms with E-state index in [2.05, 4.69) is 9.98 Å². The second-order valence-corrected chi connectivity index (χ2v) is 4.42. The number of aliphatic hydroxyl groups excluding tert-OH is 1. The summed E-state index contributed by atoms with van der Waals surface area (Å²) < 4.78 is 0. The minimum Gasteiger partial charge on any atom is -0.396 e. The molecule has 1 atom stereocenters. The van der Waals surface area contributed by atoms with Crippen LogP contribution in [0.15, 0.2) is 9.98 Å². The van der Waals surface area contributed by atoms with E-state index in [-0.39, 0.29) is 30.0 Å². The van der Waals surface area contributed by atoms with Crippen LogP contribution in [-0.2, 0) is 0 Å². The highest BCUT2D eigenvalue weighted by Gasteiger charge is 2.23.